The number of rotatable bonds is 1. The lowest BCUT2D eigenvalue weighted by atomic mass is 9.96. The van der Waals surface area contributed by atoms with Crippen molar-refractivity contribution in [3.05, 3.63) is 17.1 Å². The van der Waals surface area contributed by atoms with Gasteiger partial charge >= 0.3 is 0 Å². The van der Waals surface area contributed by atoms with Gasteiger partial charge in [0.25, 0.3) is 0 Å². The standard InChI is InChI=1S/C13H19N3/c1-10-14-12-7-3-2-6-11(12)13(15-10)16-8-4-5-9-16/h2-9H2,1H3. The lowest BCUT2D eigenvalue weighted by Gasteiger charge is -2.24. The van der Waals surface area contributed by atoms with E-state index in [0.717, 1.165) is 12.2 Å². The van der Waals surface area contributed by atoms with Crippen LogP contribution in [0.1, 0.15) is 42.8 Å². The predicted molar refractivity (Wildman–Crippen MR) is 64.9 cm³/mol. The number of nitrogens with zero attached hydrogens (tertiary/aromatic N) is 3. The van der Waals surface area contributed by atoms with Gasteiger partial charge in [0, 0.05) is 24.3 Å². The van der Waals surface area contributed by atoms with Crippen molar-refractivity contribution in [3.63, 3.8) is 0 Å². The van der Waals surface area contributed by atoms with Gasteiger partial charge in [-0.2, -0.15) is 0 Å². The van der Waals surface area contributed by atoms with Gasteiger partial charge in [0.2, 0.25) is 0 Å². The smallest absolute Gasteiger partial charge is 0.135 e. The van der Waals surface area contributed by atoms with Gasteiger partial charge in [-0.15, -0.1) is 0 Å². The molecule has 1 aromatic heterocycles. The van der Waals surface area contributed by atoms with Crippen LogP contribution < -0.4 is 4.90 Å². The van der Waals surface area contributed by atoms with Crippen LogP contribution in [0.25, 0.3) is 0 Å². The lowest BCUT2D eigenvalue weighted by Crippen LogP contribution is -2.23. The highest BCUT2D eigenvalue weighted by Crippen LogP contribution is 2.29. The molecule has 0 saturated carbocycles. The minimum Gasteiger partial charge on any atom is -0.356 e. The molecule has 3 heteroatoms. The quantitative estimate of drug-likeness (QED) is 0.722. The van der Waals surface area contributed by atoms with Crippen LogP contribution in [0.4, 0.5) is 5.82 Å². The Morgan fingerprint density at radius 1 is 0.938 bits per heavy atom. The Kier molecular flexibility index (Phi) is 2.54. The first-order valence-corrected chi connectivity index (χ1v) is 6.46. The van der Waals surface area contributed by atoms with E-state index in [4.69, 9.17) is 0 Å². The number of aromatic nitrogens is 2. The molecule has 0 amide bonds. The molecule has 0 aromatic carbocycles. The van der Waals surface area contributed by atoms with Gasteiger partial charge in [-0.3, -0.25) is 0 Å². The van der Waals surface area contributed by atoms with Crippen molar-refractivity contribution in [1.29, 1.82) is 0 Å². The van der Waals surface area contributed by atoms with Crippen LogP contribution in [0, 0.1) is 6.92 Å². The van der Waals surface area contributed by atoms with E-state index in [-0.39, 0.29) is 0 Å². The van der Waals surface area contributed by atoms with Crippen LogP contribution in [-0.4, -0.2) is 23.1 Å². The number of aryl methyl sites for hydroxylation is 2. The SMILES string of the molecule is Cc1nc2c(c(N3CCCC3)n1)CCCC2. The molecule has 0 bridgehead atoms. The topological polar surface area (TPSA) is 29.0 Å². The number of hydrogen-bond acceptors (Lipinski definition) is 3. The van der Waals surface area contributed by atoms with Gasteiger partial charge in [0.1, 0.15) is 11.6 Å². The largest absolute Gasteiger partial charge is 0.356 e. The summed E-state index contributed by atoms with van der Waals surface area (Å²) in [5.74, 6) is 2.20. The summed E-state index contributed by atoms with van der Waals surface area (Å²) >= 11 is 0. The molecular weight excluding hydrogens is 198 g/mol. The van der Waals surface area contributed by atoms with Gasteiger partial charge in [-0.05, 0) is 45.4 Å². The molecule has 3 rings (SSSR count). The van der Waals surface area contributed by atoms with Crippen molar-refractivity contribution in [2.24, 2.45) is 0 Å². The molecule has 1 aliphatic heterocycles. The van der Waals surface area contributed by atoms with Crippen LogP contribution in [0.5, 0.6) is 0 Å². The van der Waals surface area contributed by atoms with Crippen molar-refractivity contribution in [1.82, 2.24) is 9.97 Å². The van der Waals surface area contributed by atoms with E-state index in [1.807, 2.05) is 6.92 Å². The van der Waals surface area contributed by atoms with Gasteiger partial charge in [-0.25, -0.2) is 9.97 Å². The molecule has 2 heterocycles. The molecule has 1 fully saturated rings. The molecule has 86 valence electrons. The Labute approximate surface area is 96.9 Å². The van der Waals surface area contributed by atoms with Crippen molar-refractivity contribution < 1.29 is 0 Å². The van der Waals surface area contributed by atoms with E-state index >= 15 is 0 Å². The van der Waals surface area contributed by atoms with Crippen LogP contribution in [0.3, 0.4) is 0 Å². The highest BCUT2D eigenvalue weighted by molar-refractivity contribution is 5.50. The third-order valence-electron chi connectivity index (χ3n) is 3.68. The number of fused-ring (bicyclic) bond motifs is 1. The highest BCUT2D eigenvalue weighted by atomic mass is 15.2. The van der Waals surface area contributed by atoms with Gasteiger partial charge < -0.3 is 4.90 Å². The van der Waals surface area contributed by atoms with Crippen LogP contribution in [-0.2, 0) is 12.8 Å². The summed E-state index contributed by atoms with van der Waals surface area (Å²) in [5.41, 5.74) is 2.76. The predicted octanol–water partition coefficient (Wildman–Crippen LogP) is 2.26. The molecule has 1 aliphatic carbocycles. The molecule has 0 spiro atoms. The zero-order chi connectivity index (χ0) is 11.0. The molecule has 3 nitrogen and oxygen atoms in total. The first-order chi connectivity index (χ1) is 7.84. The summed E-state index contributed by atoms with van der Waals surface area (Å²) in [5, 5.41) is 0. The molecule has 0 unspecified atom stereocenters. The number of anilines is 1. The maximum atomic E-state index is 4.68. The first-order valence-electron chi connectivity index (χ1n) is 6.46. The minimum atomic E-state index is 0.947. The minimum absolute atomic E-state index is 0.947. The summed E-state index contributed by atoms with van der Waals surface area (Å²) < 4.78 is 0. The van der Waals surface area contributed by atoms with E-state index < -0.39 is 0 Å². The molecule has 1 aromatic rings. The lowest BCUT2D eigenvalue weighted by molar-refractivity contribution is 0.654. The second kappa shape index (κ2) is 4.04. The van der Waals surface area contributed by atoms with Gasteiger partial charge in [-0.1, -0.05) is 0 Å². The Morgan fingerprint density at radius 3 is 2.50 bits per heavy atom. The van der Waals surface area contributed by atoms with Gasteiger partial charge in [0.15, 0.2) is 0 Å². The summed E-state index contributed by atoms with van der Waals surface area (Å²) in [7, 11) is 0. The monoisotopic (exact) mass is 217 g/mol. The van der Waals surface area contributed by atoms with Gasteiger partial charge in [0.05, 0.1) is 0 Å². The summed E-state index contributed by atoms with van der Waals surface area (Å²) in [6.45, 7) is 4.39. The fourth-order valence-electron chi connectivity index (χ4n) is 2.89. The van der Waals surface area contributed by atoms with E-state index in [2.05, 4.69) is 14.9 Å². The van der Waals surface area contributed by atoms with Crippen molar-refractivity contribution in [2.75, 3.05) is 18.0 Å². The van der Waals surface area contributed by atoms with E-state index in [1.165, 1.54) is 62.3 Å². The molecule has 1 saturated heterocycles. The molecule has 0 atom stereocenters. The molecule has 0 radical (unpaired) electrons. The van der Waals surface area contributed by atoms with Crippen LogP contribution in [0.2, 0.25) is 0 Å². The Hall–Kier alpha value is -1.12. The van der Waals surface area contributed by atoms with E-state index in [0.29, 0.717) is 0 Å². The average molecular weight is 217 g/mol. The zero-order valence-electron chi connectivity index (χ0n) is 10.00. The molecular formula is C13H19N3. The molecule has 2 aliphatic rings. The maximum Gasteiger partial charge on any atom is 0.135 e. The third-order valence-corrected chi connectivity index (χ3v) is 3.68. The molecule has 0 N–H and O–H groups in total. The Morgan fingerprint density at radius 2 is 1.69 bits per heavy atom. The fraction of sp³-hybridized carbons (Fsp3) is 0.692. The normalized spacial score (nSPS) is 19.9. The van der Waals surface area contributed by atoms with E-state index in [1.54, 1.807) is 0 Å². The molecule has 16 heavy (non-hydrogen) atoms. The number of hydrogen-bond donors (Lipinski definition) is 0. The van der Waals surface area contributed by atoms with Crippen LogP contribution in [0.15, 0.2) is 0 Å². The van der Waals surface area contributed by atoms with Crippen molar-refractivity contribution in [3.8, 4) is 0 Å². The average Bonchev–Trinajstić information content (AvgIpc) is 2.81. The van der Waals surface area contributed by atoms with E-state index in [9.17, 15) is 0 Å². The Balaban J connectivity index is 2.04. The summed E-state index contributed by atoms with van der Waals surface area (Å²) in [4.78, 5) is 11.7. The van der Waals surface area contributed by atoms with Crippen molar-refractivity contribution in [2.45, 2.75) is 45.4 Å². The summed E-state index contributed by atoms with van der Waals surface area (Å²) in [6.07, 6.45) is 7.57. The second-order valence-electron chi connectivity index (χ2n) is 4.92. The first kappa shape index (κ1) is 10.1. The second-order valence-corrected chi connectivity index (χ2v) is 4.92. The zero-order valence-corrected chi connectivity index (χ0v) is 10.00. The Bertz CT molecular complexity index is 394. The van der Waals surface area contributed by atoms with Crippen molar-refractivity contribution >= 4 is 5.82 Å². The fourth-order valence-corrected chi connectivity index (χ4v) is 2.89. The highest BCUT2D eigenvalue weighted by Gasteiger charge is 2.22. The summed E-state index contributed by atoms with van der Waals surface area (Å²) in [6, 6.07) is 0. The van der Waals surface area contributed by atoms with Crippen LogP contribution >= 0.6 is 0 Å². The maximum absolute atomic E-state index is 4.68. The third kappa shape index (κ3) is 1.68.